The van der Waals surface area contributed by atoms with Gasteiger partial charge >= 0.3 is 0 Å². The molecule has 0 aliphatic heterocycles. The Hall–Kier alpha value is -0.640. The Morgan fingerprint density at radius 2 is 1.79 bits per heavy atom. The van der Waals surface area contributed by atoms with Crippen LogP contribution in [0.4, 0.5) is 0 Å². The summed E-state index contributed by atoms with van der Waals surface area (Å²) in [6.07, 6.45) is 7.49. The van der Waals surface area contributed by atoms with Crippen molar-refractivity contribution in [2.75, 3.05) is 14.1 Å². The van der Waals surface area contributed by atoms with Crippen molar-refractivity contribution < 1.29 is 0 Å². The van der Waals surface area contributed by atoms with Crippen molar-refractivity contribution in [1.29, 1.82) is 0 Å². The molecule has 14 heavy (non-hydrogen) atoms. The van der Waals surface area contributed by atoms with E-state index in [0.717, 1.165) is 12.8 Å². The molecule has 0 aromatic rings. The molecule has 0 unspecified atom stereocenters. The van der Waals surface area contributed by atoms with Crippen LogP contribution in [0, 0.1) is 0 Å². The van der Waals surface area contributed by atoms with Crippen LogP contribution in [0.25, 0.3) is 0 Å². The fourth-order valence-corrected chi connectivity index (χ4v) is 1.52. The molecule has 4 heteroatoms. The van der Waals surface area contributed by atoms with Crippen LogP contribution in [-0.2, 0) is 0 Å². The SMILES string of the molecule is CN(C)C(=S)NN=C1CCCCCC1. The van der Waals surface area contributed by atoms with Gasteiger partial charge in [-0.05, 0) is 37.9 Å². The molecule has 1 rings (SSSR count). The summed E-state index contributed by atoms with van der Waals surface area (Å²) in [6.45, 7) is 0. The van der Waals surface area contributed by atoms with Gasteiger partial charge in [-0.1, -0.05) is 12.8 Å². The molecule has 1 fully saturated rings. The molecule has 0 aromatic heterocycles. The number of nitrogens with zero attached hydrogens (tertiary/aromatic N) is 2. The zero-order chi connectivity index (χ0) is 10.4. The molecule has 1 aliphatic carbocycles. The van der Waals surface area contributed by atoms with E-state index in [-0.39, 0.29) is 0 Å². The summed E-state index contributed by atoms with van der Waals surface area (Å²) in [5, 5.41) is 5.03. The van der Waals surface area contributed by atoms with Crippen molar-refractivity contribution >= 4 is 23.0 Å². The van der Waals surface area contributed by atoms with Crippen LogP contribution in [-0.4, -0.2) is 29.8 Å². The molecule has 0 amide bonds. The number of hydrogen-bond acceptors (Lipinski definition) is 2. The third-order valence-electron chi connectivity index (χ3n) is 2.40. The van der Waals surface area contributed by atoms with E-state index >= 15 is 0 Å². The minimum atomic E-state index is 0.682. The van der Waals surface area contributed by atoms with E-state index in [4.69, 9.17) is 12.2 Å². The van der Waals surface area contributed by atoms with Gasteiger partial charge in [-0.25, -0.2) is 0 Å². The van der Waals surface area contributed by atoms with Crippen molar-refractivity contribution in [3.8, 4) is 0 Å². The van der Waals surface area contributed by atoms with Gasteiger partial charge in [-0.2, -0.15) is 5.10 Å². The first-order chi connectivity index (χ1) is 6.70. The highest BCUT2D eigenvalue weighted by Gasteiger charge is 2.05. The molecule has 0 radical (unpaired) electrons. The summed E-state index contributed by atoms with van der Waals surface area (Å²) in [6, 6.07) is 0. The van der Waals surface area contributed by atoms with Crippen LogP contribution < -0.4 is 5.43 Å². The van der Waals surface area contributed by atoms with Crippen LogP contribution >= 0.6 is 12.2 Å². The van der Waals surface area contributed by atoms with Gasteiger partial charge in [0.1, 0.15) is 0 Å². The largest absolute Gasteiger partial charge is 0.354 e. The minimum absolute atomic E-state index is 0.682. The molecule has 1 N–H and O–H groups in total. The van der Waals surface area contributed by atoms with Crippen molar-refractivity contribution in [1.82, 2.24) is 10.3 Å². The number of hydrogen-bond donors (Lipinski definition) is 1. The fraction of sp³-hybridized carbons (Fsp3) is 0.800. The van der Waals surface area contributed by atoms with Crippen LogP contribution in [0.1, 0.15) is 38.5 Å². The Kier molecular flexibility index (Phi) is 4.87. The van der Waals surface area contributed by atoms with Gasteiger partial charge in [-0.15, -0.1) is 0 Å². The summed E-state index contributed by atoms with van der Waals surface area (Å²) in [4.78, 5) is 1.86. The van der Waals surface area contributed by atoms with E-state index in [0.29, 0.717) is 5.11 Å². The molecule has 0 saturated heterocycles. The third kappa shape index (κ3) is 4.05. The summed E-state index contributed by atoms with van der Waals surface area (Å²) in [5.74, 6) is 0. The smallest absolute Gasteiger partial charge is 0.189 e. The lowest BCUT2D eigenvalue weighted by Gasteiger charge is -2.12. The Morgan fingerprint density at radius 3 is 2.29 bits per heavy atom. The van der Waals surface area contributed by atoms with Crippen molar-refractivity contribution in [2.24, 2.45) is 5.10 Å². The van der Waals surface area contributed by atoms with Crippen molar-refractivity contribution in [3.63, 3.8) is 0 Å². The maximum Gasteiger partial charge on any atom is 0.189 e. The predicted molar refractivity (Wildman–Crippen MR) is 64.6 cm³/mol. The maximum absolute atomic E-state index is 5.09. The van der Waals surface area contributed by atoms with Crippen molar-refractivity contribution in [3.05, 3.63) is 0 Å². The van der Waals surface area contributed by atoms with Crippen LogP contribution in [0.5, 0.6) is 0 Å². The van der Waals surface area contributed by atoms with E-state index < -0.39 is 0 Å². The van der Waals surface area contributed by atoms with Gasteiger partial charge in [-0.3, -0.25) is 5.43 Å². The Balaban J connectivity index is 2.38. The van der Waals surface area contributed by atoms with E-state index in [1.165, 1.54) is 31.4 Å². The quantitative estimate of drug-likeness (QED) is 0.411. The lowest BCUT2D eigenvalue weighted by atomic mass is 10.2. The summed E-state index contributed by atoms with van der Waals surface area (Å²) >= 11 is 5.09. The molecular weight excluding hydrogens is 194 g/mol. The molecule has 1 saturated carbocycles. The zero-order valence-corrected chi connectivity index (χ0v) is 9.86. The normalized spacial score (nSPS) is 17.1. The second-order valence-corrected chi connectivity index (χ2v) is 4.29. The summed E-state index contributed by atoms with van der Waals surface area (Å²) in [7, 11) is 3.84. The van der Waals surface area contributed by atoms with E-state index in [1.807, 2.05) is 19.0 Å². The van der Waals surface area contributed by atoms with Crippen LogP contribution in [0.3, 0.4) is 0 Å². The van der Waals surface area contributed by atoms with Crippen LogP contribution in [0.2, 0.25) is 0 Å². The van der Waals surface area contributed by atoms with E-state index in [9.17, 15) is 0 Å². The lowest BCUT2D eigenvalue weighted by molar-refractivity contribution is 0.605. The fourth-order valence-electron chi connectivity index (χ4n) is 1.48. The second kappa shape index (κ2) is 5.96. The molecule has 0 heterocycles. The second-order valence-electron chi connectivity index (χ2n) is 3.90. The first-order valence-electron chi connectivity index (χ1n) is 5.23. The number of thiocarbonyl (C=S) groups is 1. The molecule has 0 spiro atoms. The van der Waals surface area contributed by atoms with E-state index in [2.05, 4.69) is 10.5 Å². The van der Waals surface area contributed by atoms with Gasteiger partial charge in [0.25, 0.3) is 0 Å². The molecule has 0 bridgehead atoms. The molecule has 0 aromatic carbocycles. The highest BCUT2D eigenvalue weighted by Crippen LogP contribution is 2.14. The standard InChI is InChI=1S/C10H19N3S/c1-13(2)10(14)12-11-9-7-5-3-4-6-8-9/h3-8H2,1-2H3,(H,12,14). The summed E-state index contributed by atoms with van der Waals surface area (Å²) < 4.78 is 0. The molecule has 0 atom stereocenters. The Bertz CT molecular complexity index is 213. The molecule has 1 aliphatic rings. The Labute approximate surface area is 91.6 Å². The minimum Gasteiger partial charge on any atom is -0.354 e. The average Bonchev–Trinajstić information content (AvgIpc) is 2.42. The van der Waals surface area contributed by atoms with Gasteiger partial charge in [0.05, 0.1) is 0 Å². The molecule has 80 valence electrons. The van der Waals surface area contributed by atoms with Crippen molar-refractivity contribution in [2.45, 2.75) is 38.5 Å². The first kappa shape index (κ1) is 11.4. The van der Waals surface area contributed by atoms with Gasteiger partial charge in [0, 0.05) is 19.8 Å². The molecule has 3 nitrogen and oxygen atoms in total. The molecular formula is C10H19N3S. The maximum atomic E-state index is 5.09. The first-order valence-corrected chi connectivity index (χ1v) is 5.63. The zero-order valence-electron chi connectivity index (χ0n) is 9.05. The van der Waals surface area contributed by atoms with Gasteiger partial charge in [0.2, 0.25) is 0 Å². The van der Waals surface area contributed by atoms with Gasteiger partial charge < -0.3 is 4.90 Å². The number of hydrazone groups is 1. The van der Waals surface area contributed by atoms with Gasteiger partial charge in [0.15, 0.2) is 5.11 Å². The third-order valence-corrected chi connectivity index (χ3v) is 2.85. The highest BCUT2D eigenvalue weighted by atomic mass is 32.1. The number of nitrogens with one attached hydrogen (secondary N) is 1. The topological polar surface area (TPSA) is 27.6 Å². The predicted octanol–water partition coefficient (Wildman–Crippen LogP) is 2.13. The highest BCUT2D eigenvalue weighted by molar-refractivity contribution is 7.80. The monoisotopic (exact) mass is 213 g/mol. The Morgan fingerprint density at radius 1 is 1.21 bits per heavy atom. The average molecular weight is 213 g/mol. The summed E-state index contributed by atoms with van der Waals surface area (Å²) in [5.41, 5.74) is 4.20. The van der Waals surface area contributed by atoms with E-state index in [1.54, 1.807) is 0 Å². The number of rotatable bonds is 1. The lowest BCUT2D eigenvalue weighted by Crippen LogP contribution is -2.31. The van der Waals surface area contributed by atoms with Crippen LogP contribution in [0.15, 0.2) is 5.10 Å².